The molecule has 8 nitrogen and oxygen atoms in total. The zero-order chi connectivity index (χ0) is 23.4. The van der Waals surface area contributed by atoms with Crippen molar-refractivity contribution in [2.24, 2.45) is 11.3 Å². The number of nitrogens with one attached hydrogen (secondary N) is 3. The summed E-state index contributed by atoms with van der Waals surface area (Å²) in [7, 11) is 1.77. The van der Waals surface area contributed by atoms with Gasteiger partial charge in [0.1, 0.15) is 11.1 Å². The van der Waals surface area contributed by atoms with E-state index in [0.29, 0.717) is 25.2 Å². The summed E-state index contributed by atoms with van der Waals surface area (Å²) in [4.78, 5) is 31.6. The largest absolute Gasteiger partial charge is 0.393 e. The molecule has 0 radical (unpaired) electrons. The summed E-state index contributed by atoms with van der Waals surface area (Å²) in [6, 6.07) is 13.2. The number of rotatable bonds is 8. The average Bonchev–Trinajstić information content (AvgIpc) is 3.65. The molecule has 0 spiro atoms. The quantitative estimate of drug-likeness (QED) is 0.543. The lowest BCUT2D eigenvalue weighted by Crippen LogP contribution is -2.35. The number of pyridine rings is 1. The molecule has 2 aliphatic rings. The fourth-order valence-electron chi connectivity index (χ4n) is 4.34. The highest BCUT2D eigenvalue weighted by molar-refractivity contribution is 6.08. The van der Waals surface area contributed by atoms with Crippen LogP contribution in [0.2, 0.25) is 0 Å². The van der Waals surface area contributed by atoms with E-state index < -0.39 is 5.41 Å². The third-order valence-electron chi connectivity index (χ3n) is 6.29. The minimum Gasteiger partial charge on any atom is -0.393 e. The second-order valence-corrected chi connectivity index (χ2v) is 8.38. The molecule has 168 valence electrons. The maximum Gasteiger partial charge on any atom is 0.270 e. The first-order valence-corrected chi connectivity index (χ1v) is 11.0. The van der Waals surface area contributed by atoms with E-state index in [1.54, 1.807) is 30.3 Å². The van der Waals surface area contributed by atoms with Gasteiger partial charge in [-0.25, -0.2) is 0 Å². The normalized spacial score (nSPS) is 20.3. The average molecular weight is 443 g/mol. The molecule has 1 aliphatic heterocycles. The standard InChI is InChI=1S/C25H26N6O2/c1-28-15-19(13-26)18-4-2-3-17(11-18)14-30-23(32)22-12-21(7-9-29-22)31-10-8-25(16-27,24(31)33)20-5-6-20/h2-4,7,9,11-13,15,20,26,28H,5-6,8,10,14H2,1H3,(H,30,32)/b19-15+,26-13?/t25-/m1/s1. The summed E-state index contributed by atoms with van der Waals surface area (Å²) in [6.45, 7) is 0.765. The van der Waals surface area contributed by atoms with Gasteiger partial charge in [-0.1, -0.05) is 18.2 Å². The van der Waals surface area contributed by atoms with E-state index in [1.165, 1.54) is 12.4 Å². The molecule has 1 aromatic heterocycles. The Bertz CT molecular complexity index is 1160. The van der Waals surface area contributed by atoms with E-state index in [-0.39, 0.29) is 23.4 Å². The third-order valence-corrected chi connectivity index (χ3v) is 6.29. The Labute approximate surface area is 192 Å². The number of aromatic nitrogens is 1. The summed E-state index contributed by atoms with van der Waals surface area (Å²) in [5, 5.41) is 23.0. The minimum atomic E-state index is -0.923. The first-order valence-electron chi connectivity index (χ1n) is 11.0. The first kappa shape index (κ1) is 22.2. The number of anilines is 1. The third kappa shape index (κ3) is 4.35. The highest BCUT2D eigenvalue weighted by Crippen LogP contribution is 2.51. The van der Waals surface area contributed by atoms with Gasteiger partial charge in [0.05, 0.1) is 6.07 Å². The van der Waals surface area contributed by atoms with Crippen molar-refractivity contribution in [2.75, 3.05) is 18.5 Å². The molecule has 2 fully saturated rings. The van der Waals surface area contributed by atoms with Crippen LogP contribution in [0.15, 0.2) is 48.8 Å². The Balaban J connectivity index is 1.45. The number of carbonyl (C=O) groups excluding carboxylic acids is 2. The Kier molecular flexibility index (Phi) is 6.22. The van der Waals surface area contributed by atoms with Crippen LogP contribution in [0.5, 0.6) is 0 Å². The van der Waals surface area contributed by atoms with E-state index in [9.17, 15) is 14.9 Å². The van der Waals surface area contributed by atoms with Crippen molar-refractivity contribution in [2.45, 2.75) is 25.8 Å². The number of nitriles is 1. The SMILES string of the molecule is CN/C=C(\C=N)c1cccc(CNC(=O)c2cc(N3CC[C@@](C#N)(C4CC4)C3=O)ccn2)c1. The Hall–Kier alpha value is -3.99. The molecule has 1 saturated heterocycles. The zero-order valence-electron chi connectivity index (χ0n) is 18.5. The van der Waals surface area contributed by atoms with E-state index in [4.69, 9.17) is 5.41 Å². The molecule has 1 aromatic carbocycles. The molecule has 8 heteroatoms. The lowest BCUT2D eigenvalue weighted by Gasteiger charge is -2.21. The number of carbonyl (C=O) groups is 2. The van der Waals surface area contributed by atoms with Crippen LogP contribution in [-0.4, -0.2) is 36.6 Å². The molecule has 4 rings (SSSR count). The molecule has 2 amide bonds. The van der Waals surface area contributed by atoms with Crippen molar-refractivity contribution in [3.05, 3.63) is 65.6 Å². The number of benzene rings is 1. The van der Waals surface area contributed by atoms with Crippen LogP contribution in [-0.2, 0) is 11.3 Å². The van der Waals surface area contributed by atoms with Gasteiger partial charge in [-0.15, -0.1) is 0 Å². The Morgan fingerprint density at radius 3 is 2.88 bits per heavy atom. The van der Waals surface area contributed by atoms with E-state index in [1.807, 2.05) is 24.3 Å². The van der Waals surface area contributed by atoms with Gasteiger partial charge in [0.2, 0.25) is 5.91 Å². The van der Waals surface area contributed by atoms with Gasteiger partial charge in [-0.2, -0.15) is 5.26 Å². The van der Waals surface area contributed by atoms with Crippen molar-refractivity contribution >= 4 is 29.3 Å². The lowest BCUT2D eigenvalue weighted by atomic mass is 9.83. The van der Waals surface area contributed by atoms with Crippen LogP contribution in [0, 0.1) is 28.1 Å². The maximum absolute atomic E-state index is 13.0. The van der Waals surface area contributed by atoms with Gasteiger partial charge < -0.3 is 20.9 Å². The molecule has 1 saturated carbocycles. The van der Waals surface area contributed by atoms with Crippen LogP contribution in [0.1, 0.15) is 40.9 Å². The van der Waals surface area contributed by atoms with Crippen molar-refractivity contribution in [1.29, 1.82) is 10.7 Å². The van der Waals surface area contributed by atoms with E-state index in [0.717, 1.165) is 29.5 Å². The number of nitrogens with zero attached hydrogens (tertiary/aromatic N) is 3. The molecule has 2 aromatic rings. The Morgan fingerprint density at radius 1 is 1.36 bits per heavy atom. The molecule has 1 atom stereocenters. The van der Waals surface area contributed by atoms with Gasteiger partial charge in [0, 0.05) is 50.0 Å². The second kappa shape index (κ2) is 9.25. The number of hydrogen-bond acceptors (Lipinski definition) is 6. The second-order valence-electron chi connectivity index (χ2n) is 8.38. The first-order chi connectivity index (χ1) is 16.0. The van der Waals surface area contributed by atoms with Gasteiger partial charge in [-0.05, 0) is 54.5 Å². The molecule has 0 bridgehead atoms. The van der Waals surface area contributed by atoms with Gasteiger partial charge >= 0.3 is 0 Å². The molecular formula is C25H26N6O2. The summed E-state index contributed by atoms with van der Waals surface area (Å²) in [5.74, 6) is -0.365. The van der Waals surface area contributed by atoms with Crippen LogP contribution in [0.25, 0.3) is 5.57 Å². The molecular weight excluding hydrogens is 416 g/mol. The van der Waals surface area contributed by atoms with Crippen molar-refractivity contribution in [3.8, 4) is 6.07 Å². The van der Waals surface area contributed by atoms with Gasteiger partial charge in [0.25, 0.3) is 5.91 Å². The van der Waals surface area contributed by atoms with E-state index >= 15 is 0 Å². The fraction of sp³-hybridized carbons (Fsp3) is 0.320. The Morgan fingerprint density at radius 2 is 2.18 bits per heavy atom. The molecule has 1 aliphatic carbocycles. The number of amides is 2. The van der Waals surface area contributed by atoms with Crippen molar-refractivity contribution < 1.29 is 9.59 Å². The van der Waals surface area contributed by atoms with Gasteiger partial charge in [-0.3, -0.25) is 14.6 Å². The predicted molar refractivity (Wildman–Crippen MR) is 125 cm³/mol. The fourth-order valence-corrected chi connectivity index (χ4v) is 4.34. The minimum absolute atomic E-state index is 0.150. The van der Waals surface area contributed by atoms with Crippen LogP contribution in [0.3, 0.4) is 0 Å². The van der Waals surface area contributed by atoms with Crippen molar-refractivity contribution in [3.63, 3.8) is 0 Å². The maximum atomic E-state index is 13.0. The van der Waals surface area contributed by atoms with E-state index in [2.05, 4.69) is 21.7 Å². The smallest absolute Gasteiger partial charge is 0.270 e. The zero-order valence-corrected chi connectivity index (χ0v) is 18.5. The van der Waals surface area contributed by atoms with Crippen molar-refractivity contribution in [1.82, 2.24) is 15.6 Å². The number of hydrogen-bond donors (Lipinski definition) is 3. The van der Waals surface area contributed by atoms with Crippen LogP contribution >= 0.6 is 0 Å². The number of allylic oxidation sites excluding steroid dienone is 1. The summed E-state index contributed by atoms with van der Waals surface area (Å²) in [6.07, 6.45) is 6.89. The summed E-state index contributed by atoms with van der Waals surface area (Å²) >= 11 is 0. The highest BCUT2D eigenvalue weighted by Gasteiger charge is 2.56. The summed E-state index contributed by atoms with van der Waals surface area (Å²) in [5.41, 5.74) is 2.37. The molecule has 33 heavy (non-hydrogen) atoms. The lowest BCUT2D eigenvalue weighted by molar-refractivity contribution is -0.123. The molecule has 0 unspecified atom stereocenters. The predicted octanol–water partition coefficient (Wildman–Crippen LogP) is 2.88. The molecule has 2 heterocycles. The van der Waals surface area contributed by atoms with Gasteiger partial charge in [0.15, 0.2) is 0 Å². The molecule has 3 N–H and O–H groups in total. The van der Waals surface area contributed by atoms with Crippen LogP contribution < -0.4 is 15.5 Å². The summed E-state index contributed by atoms with van der Waals surface area (Å²) < 4.78 is 0. The highest BCUT2D eigenvalue weighted by atomic mass is 16.2. The van der Waals surface area contributed by atoms with Crippen LogP contribution in [0.4, 0.5) is 5.69 Å². The monoisotopic (exact) mass is 442 g/mol. The topological polar surface area (TPSA) is 122 Å².